The molecule has 0 aromatic heterocycles. The molecule has 9 atom stereocenters. The average molecular weight is 617 g/mol. The first-order chi connectivity index (χ1) is 19.6. The van der Waals surface area contributed by atoms with E-state index >= 15 is 0 Å². The standard InChI is InChI=1S/C37H64O5Si/c1-24(2)43(12,13)41-30-18-19-34(10)28(31(30,5)6)17-21-37-35(11)20-16-27(33(35,9)22-23-36(34,37)42-37)25(3)14-15-29(39)32(7,8)40-26(4)38/h24-25,27-28,30H,14-23H2,1-13H3/t25?,27?,28-,30-,33+,34-,35+,36?,37?/m0/s1. The highest BCUT2D eigenvalue weighted by atomic mass is 28.4. The lowest BCUT2D eigenvalue weighted by atomic mass is 9.38. The van der Waals surface area contributed by atoms with E-state index in [0.717, 1.165) is 12.8 Å². The first-order valence-corrected chi connectivity index (χ1v) is 20.7. The summed E-state index contributed by atoms with van der Waals surface area (Å²) in [5.74, 6) is 1.27. The molecule has 246 valence electrons. The smallest absolute Gasteiger partial charge is 0.303 e. The largest absolute Gasteiger partial charge is 0.452 e. The molecule has 0 radical (unpaired) electrons. The van der Waals surface area contributed by atoms with Crippen molar-refractivity contribution in [2.24, 2.45) is 39.4 Å². The van der Waals surface area contributed by atoms with Gasteiger partial charge in [-0.1, -0.05) is 55.4 Å². The van der Waals surface area contributed by atoms with Gasteiger partial charge in [-0.05, 0) is 119 Å². The molecule has 43 heavy (non-hydrogen) atoms. The minimum absolute atomic E-state index is 0.00738. The van der Waals surface area contributed by atoms with Gasteiger partial charge in [-0.25, -0.2) is 0 Å². The maximum atomic E-state index is 13.0. The third-order valence-electron chi connectivity index (χ3n) is 15.4. The number of hydrogen-bond acceptors (Lipinski definition) is 5. The highest BCUT2D eigenvalue weighted by Gasteiger charge is 2.90. The van der Waals surface area contributed by atoms with Gasteiger partial charge in [0.15, 0.2) is 19.7 Å². The molecular weight excluding hydrogens is 552 g/mol. The summed E-state index contributed by atoms with van der Waals surface area (Å²) >= 11 is 0. The van der Waals surface area contributed by atoms with Gasteiger partial charge in [0.25, 0.3) is 0 Å². The second-order valence-corrected chi connectivity index (χ2v) is 23.0. The van der Waals surface area contributed by atoms with Crippen molar-refractivity contribution < 1.29 is 23.5 Å². The number of hydrogen-bond donors (Lipinski definition) is 0. The molecule has 1 heterocycles. The fraction of sp³-hybridized carbons (Fsp3) is 0.946. The lowest BCUT2D eigenvalue weighted by molar-refractivity contribution is -0.162. The Hall–Kier alpha value is -0.723. The molecule has 1 aliphatic heterocycles. The molecule has 0 bridgehead atoms. The van der Waals surface area contributed by atoms with Crippen LogP contribution in [0.15, 0.2) is 0 Å². The molecule has 5 rings (SSSR count). The van der Waals surface area contributed by atoms with E-state index in [0.29, 0.717) is 35.8 Å². The summed E-state index contributed by atoms with van der Waals surface area (Å²) in [5.41, 5.74) is 0.211. The Balaban J connectivity index is 1.35. The first-order valence-electron chi connectivity index (χ1n) is 17.7. The predicted molar refractivity (Wildman–Crippen MR) is 175 cm³/mol. The number of carbonyl (C=O) groups is 2. The predicted octanol–water partition coefficient (Wildman–Crippen LogP) is 9.27. The molecule has 4 aliphatic carbocycles. The van der Waals surface area contributed by atoms with Crippen LogP contribution in [-0.4, -0.2) is 43.0 Å². The normalized spacial score (nSPS) is 44.1. The molecule has 0 amide bonds. The zero-order chi connectivity index (χ0) is 32.2. The molecule has 5 aliphatic rings. The van der Waals surface area contributed by atoms with E-state index in [2.05, 4.69) is 68.5 Å². The van der Waals surface area contributed by atoms with Crippen molar-refractivity contribution >= 4 is 20.1 Å². The molecule has 6 heteroatoms. The Kier molecular flexibility index (Phi) is 7.93. The van der Waals surface area contributed by atoms with Crippen LogP contribution < -0.4 is 0 Å². The van der Waals surface area contributed by atoms with Gasteiger partial charge < -0.3 is 13.9 Å². The van der Waals surface area contributed by atoms with Crippen molar-refractivity contribution in [3.63, 3.8) is 0 Å². The number of fused-ring (bicyclic) bond motifs is 2. The van der Waals surface area contributed by atoms with Gasteiger partial charge in [-0.2, -0.15) is 0 Å². The van der Waals surface area contributed by atoms with Gasteiger partial charge in [0.2, 0.25) is 0 Å². The monoisotopic (exact) mass is 616 g/mol. The summed E-state index contributed by atoms with van der Waals surface area (Å²) in [6.45, 7) is 29.5. The summed E-state index contributed by atoms with van der Waals surface area (Å²) in [4.78, 5) is 24.6. The van der Waals surface area contributed by atoms with Gasteiger partial charge in [0.05, 0.1) is 6.10 Å². The number of rotatable bonds is 9. The van der Waals surface area contributed by atoms with E-state index in [1.54, 1.807) is 13.8 Å². The van der Waals surface area contributed by atoms with E-state index in [4.69, 9.17) is 13.9 Å². The molecule has 0 aromatic rings. The summed E-state index contributed by atoms with van der Waals surface area (Å²) in [6, 6.07) is 0. The Labute approximate surface area is 264 Å². The third kappa shape index (κ3) is 4.48. The zero-order valence-corrected chi connectivity index (χ0v) is 31.0. The molecule has 0 N–H and O–H groups in total. The van der Waals surface area contributed by atoms with Gasteiger partial charge >= 0.3 is 5.97 Å². The molecular formula is C37H64O5Si. The first kappa shape index (κ1) is 33.6. The van der Waals surface area contributed by atoms with Crippen LogP contribution in [0.4, 0.5) is 0 Å². The maximum Gasteiger partial charge on any atom is 0.303 e. The van der Waals surface area contributed by atoms with E-state index in [1.807, 2.05) is 0 Å². The van der Waals surface area contributed by atoms with Crippen molar-refractivity contribution in [1.29, 1.82) is 0 Å². The quantitative estimate of drug-likeness (QED) is 0.147. The van der Waals surface area contributed by atoms with Gasteiger partial charge in [0, 0.05) is 24.2 Å². The number of carbonyl (C=O) groups excluding carboxylic acids is 2. The number of ketones is 1. The van der Waals surface area contributed by atoms with Crippen LogP contribution in [0.5, 0.6) is 0 Å². The van der Waals surface area contributed by atoms with Crippen molar-refractivity contribution in [3.8, 4) is 0 Å². The number of ether oxygens (including phenoxy) is 2. The number of epoxide rings is 1. The number of Topliss-reactive ketones (excluding diaryl/α,β-unsaturated/α-hetero) is 1. The Bertz CT molecular complexity index is 1140. The highest BCUT2D eigenvalue weighted by Crippen LogP contribution is 2.86. The number of esters is 1. The van der Waals surface area contributed by atoms with E-state index < -0.39 is 19.9 Å². The topological polar surface area (TPSA) is 65.1 Å². The average Bonchev–Trinajstić information content (AvgIpc) is 3.52. The van der Waals surface area contributed by atoms with E-state index in [1.165, 1.54) is 51.9 Å². The fourth-order valence-corrected chi connectivity index (χ4v) is 13.4. The lowest BCUT2D eigenvalue weighted by Gasteiger charge is -2.64. The van der Waals surface area contributed by atoms with Crippen molar-refractivity contribution in [2.75, 3.05) is 0 Å². The molecule has 5 nitrogen and oxygen atoms in total. The fourth-order valence-electron chi connectivity index (χ4n) is 11.9. The minimum Gasteiger partial charge on any atom is -0.452 e. The summed E-state index contributed by atoms with van der Waals surface area (Å²) in [6.07, 6.45) is 11.2. The Morgan fingerprint density at radius 3 is 2.14 bits per heavy atom. The molecule has 0 spiro atoms. The van der Waals surface area contributed by atoms with Crippen LogP contribution in [-0.2, 0) is 23.5 Å². The van der Waals surface area contributed by atoms with Crippen molar-refractivity contribution in [3.05, 3.63) is 0 Å². The maximum absolute atomic E-state index is 13.0. The van der Waals surface area contributed by atoms with Crippen LogP contribution in [0, 0.1) is 39.4 Å². The molecule has 0 aromatic carbocycles. The SMILES string of the molecule is CC(=O)OC(C)(C)C(=O)CCC(C)C1CC[C@@]2(C)C34CC[C@H]5C(C)(C)[C@@H](O[Si](C)(C)C(C)C)CC[C@]5(C)C3(CC[C@]12C)O4. The molecule has 5 fully saturated rings. The third-order valence-corrected chi connectivity index (χ3v) is 19.1. The molecule has 4 unspecified atom stereocenters. The summed E-state index contributed by atoms with van der Waals surface area (Å²) in [7, 11) is -1.75. The Morgan fingerprint density at radius 1 is 0.884 bits per heavy atom. The Morgan fingerprint density at radius 2 is 1.53 bits per heavy atom. The summed E-state index contributed by atoms with van der Waals surface area (Å²) in [5, 5.41) is 0. The second kappa shape index (κ2) is 10.1. The summed E-state index contributed by atoms with van der Waals surface area (Å²) < 4.78 is 19.9. The highest BCUT2D eigenvalue weighted by molar-refractivity contribution is 6.72. The van der Waals surface area contributed by atoms with Crippen LogP contribution in [0.25, 0.3) is 0 Å². The van der Waals surface area contributed by atoms with Crippen molar-refractivity contribution in [2.45, 2.75) is 182 Å². The molecule has 1 saturated heterocycles. The van der Waals surface area contributed by atoms with Crippen LogP contribution in [0.2, 0.25) is 18.6 Å². The molecule has 4 saturated carbocycles. The van der Waals surface area contributed by atoms with E-state index in [9.17, 15) is 9.59 Å². The lowest BCUT2D eigenvalue weighted by Crippen LogP contribution is -2.67. The second-order valence-electron chi connectivity index (χ2n) is 18.4. The van der Waals surface area contributed by atoms with Crippen LogP contribution >= 0.6 is 0 Å². The zero-order valence-electron chi connectivity index (χ0n) is 30.0. The van der Waals surface area contributed by atoms with Gasteiger partial charge in [0.1, 0.15) is 11.2 Å². The minimum atomic E-state index is -1.75. The van der Waals surface area contributed by atoms with Crippen LogP contribution in [0.1, 0.15) is 140 Å². The van der Waals surface area contributed by atoms with Gasteiger partial charge in [-0.15, -0.1) is 0 Å². The van der Waals surface area contributed by atoms with Gasteiger partial charge in [-0.3, -0.25) is 9.59 Å². The van der Waals surface area contributed by atoms with E-state index in [-0.39, 0.29) is 38.6 Å². The van der Waals surface area contributed by atoms with Crippen LogP contribution in [0.3, 0.4) is 0 Å². The van der Waals surface area contributed by atoms with Crippen molar-refractivity contribution in [1.82, 2.24) is 0 Å².